The van der Waals surface area contributed by atoms with Crippen LogP contribution in [0.25, 0.3) is 0 Å². The van der Waals surface area contributed by atoms with E-state index in [-0.39, 0.29) is 6.04 Å². The van der Waals surface area contributed by atoms with Crippen LogP contribution in [-0.2, 0) is 17.7 Å². The maximum atomic E-state index is 11.4. The Balaban J connectivity index is 1.80. The third-order valence-electron chi connectivity index (χ3n) is 3.39. The van der Waals surface area contributed by atoms with Crippen molar-refractivity contribution >= 4 is 11.7 Å². The van der Waals surface area contributed by atoms with E-state index < -0.39 is 5.97 Å². The Kier molecular flexibility index (Phi) is 6.08. The molecule has 0 amide bonds. The van der Waals surface area contributed by atoms with Gasteiger partial charge in [0.2, 0.25) is 0 Å². The molecule has 2 rings (SSSR count). The highest BCUT2D eigenvalue weighted by molar-refractivity contribution is 5.87. The third kappa shape index (κ3) is 5.36. The molecule has 1 heterocycles. The number of rotatable bonds is 7. The van der Waals surface area contributed by atoms with E-state index in [4.69, 9.17) is 11.5 Å². The molecule has 0 aliphatic rings. The molecule has 6 nitrogen and oxygen atoms in total. The molecule has 1 atom stereocenters. The molecular weight excluding hydrogens is 292 g/mol. The van der Waals surface area contributed by atoms with Gasteiger partial charge in [-0.2, -0.15) is 0 Å². The fourth-order valence-electron chi connectivity index (χ4n) is 2.21. The van der Waals surface area contributed by atoms with E-state index in [0.717, 1.165) is 23.4 Å². The van der Waals surface area contributed by atoms with Crippen LogP contribution >= 0.6 is 0 Å². The molecule has 0 bridgehead atoms. The summed E-state index contributed by atoms with van der Waals surface area (Å²) in [5, 5.41) is 3.25. The first-order chi connectivity index (χ1) is 11.1. The zero-order valence-corrected chi connectivity index (χ0v) is 13.2. The number of esters is 1. The highest BCUT2D eigenvalue weighted by Crippen LogP contribution is 2.07. The summed E-state index contributed by atoms with van der Waals surface area (Å²) in [5.74, 6) is -0.438. The molecular formula is C17H22N4O2. The van der Waals surface area contributed by atoms with Crippen LogP contribution in [0.2, 0.25) is 0 Å². The number of carbonyl (C=O) groups is 1. The van der Waals surface area contributed by atoms with Crippen molar-refractivity contribution < 1.29 is 9.53 Å². The van der Waals surface area contributed by atoms with Gasteiger partial charge in [0, 0.05) is 24.8 Å². The van der Waals surface area contributed by atoms with E-state index >= 15 is 0 Å². The van der Waals surface area contributed by atoms with E-state index in [0.29, 0.717) is 18.8 Å². The van der Waals surface area contributed by atoms with E-state index in [1.165, 1.54) is 7.11 Å². The second-order valence-electron chi connectivity index (χ2n) is 5.34. The Morgan fingerprint density at radius 1 is 1.26 bits per heavy atom. The zero-order valence-electron chi connectivity index (χ0n) is 13.2. The van der Waals surface area contributed by atoms with Crippen molar-refractivity contribution in [3.8, 4) is 0 Å². The van der Waals surface area contributed by atoms with Gasteiger partial charge in [-0.25, -0.2) is 9.78 Å². The summed E-state index contributed by atoms with van der Waals surface area (Å²) in [4.78, 5) is 15.7. The number of nitrogens with zero attached hydrogens (tertiary/aromatic N) is 1. The number of methoxy groups -OCH3 is 1. The van der Waals surface area contributed by atoms with Gasteiger partial charge in [-0.15, -0.1) is 0 Å². The lowest BCUT2D eigenvalue weighted by Crippen LogP contribution is -2.35. The predicted molar refractivity (Wildman–Crippen MR) is 89.8 cm³/mol. The van der Waals surface area contributed by atoms with E-state index in [1.54, 1.807) is 12.1 Å². The van der Waals surface area contributed by atoms with Crippen molar-refractivity contribution in [2.75, 3.05) is 19.4 Å². The molecule has 2 aromatic rings. The van der Waals surface area contributed by atoms with Crippen molar-refractivity contribution in [1.29, 1.82) is 0 Å². The first-order valence-corrected chi connectivity index (χ1v) is 7.43. The number of nitrogen functional groups attached to an aromatic ring is 1. The minimum absolute atomic E-state index is 0.0117. The molecule has 5 N–H and O–H groups in total. The number of ether oxygens (including phenoxy) is 1. The van der Waals surface area contributed by atoms with Gasteiger partial charge in [0.05, 0.1) is 12.8 Å². The third-order valence-corrected chi connectivity index (χ3v) is 3.39. The Hall–Kier alpha value is -2.44. The van der Waals surface area contributed by atoms with Crippen LogP contribution in [0.3, 0.4) is 0 Å². The van der Waals surface area contributed by atoms with Crippen LogP contribution in [0.1, 0.15) is 21.7 Å². The number of pyridine rings is 1. The van der Waals surface area contributed by atoms with Gasteiger partial charge in [-0.05, 0) is 36.2 Å². The molecule has 23 heavy (non-hydrogen) atoms. The van der Waals surface area contributed by atoms with Gasteiger partial charge in [-0.1, -0.05) is 18.2 Å². The van der Waals surface area contributed by atoms with Crippen LogP contribution in [-0.4, -0.2) is 30.6 Å². The lowest BCUT2D eigenvalue weighted by molar-refractivity contribution is 0.0593. The molecule has 122 valence electrons. The van der Waals surface area contributed by atoms with Gasteiger partial charge >= 0.3 is 5.97 Å². The largest absolute Gasteiger partial charge is 0.464 e. The first kappa shape index (κ1) is 16.9. The average molecular weight is 314 g/mol. The molecule has 6 heteroatoms. The Labute approximate surface area is 135 Å². The summed E-state index contributed by atoms with van der Waals surface area (Å²) in [6.45, 7) is 1.19. The van der Waals surface area contributed by atoms with Gasteiger partial charge in [-0.3, -0.25) is 0 Å². The Morgan fingerprint density at radius 2 is 2.00 bits per heavy atom. The van der Waals surface area contributed by atoms with E-state index in [2.05, 4.69) is 15.0 Å². The van der Waals surface area contributed by atoms with Gasteiger partial charge in [0.15, 0.2) is 0 Å². The van der Waals surface area contributed by atoms with E-state index in [1.807, 2.05) is 30.3 Å². The molecule has 1 aromatic heterocycles. The van der Waals surface area contributed by atoms with Crippen LogP contribution in [0, 0.1) is 0 Å². The number of nitrogens with one attached hydrogen (secondary N) is 1. The molecule has 0 aliphatic heterocycles. The standard InChI is InChI=1S/C17H22N4O2/c1-23-17(22)16-4-2-3-15(21-16)11-20-10-14(19)9-12-5-7-13(18)8-6-12/h2-8,14,20H,9-11,18-19H2,1H3. The van der Waals surface area contributed by atoms with Crippen molar-refractivity contribution in [2.45, 2.75) is 19.0 Å². The first-order valence-electron chi connectivity index (χ1n) is 7.43. The summed E-state index contributed by atoms with van der Waals surface area (Å²) < 4.78 is 4.66. The maximum absolute atomic E-state index is 11.4. The molecule has 0 fully saturated rings. The fourth-order valence-corrected chi connectivity index (χ4v) is 2.21. The molecule has 0 saturated carbocycles. The normalized spacial score (nSPS) is 11.9. The van der Waals surface area contributed by atoms with Crippen LogP contribution < -0.4 is 16.8 Å². The topological polar surface area (TPSA) is 103 Å². The minimum atomic E-state index is -0.438. The Bertz CT molecular complexity index is 643. The van der Waals surface area contributed by atoms with Crippen molar-refractivity contribution in [3.63, 3.8) is 0 Å². The summed E-state index contributed by atoms with van der Waals surface area (Å²) in [6.07, 6.45) is 0.767. The molecule has 0 saturated heterocycles. The molecule has 0 spiro atoms. The van der Waals surface area contributed by atoms with Crippen LogP contribution in [0.15, 0.2) is 42.5 Å². The second kappa shape index (κ2) is 8.26. The quantitative estimate of drug-likeness (QED) is 0.522. The number of aromatic nitrogens is 1. The Morgan fingerprint density at radius 3 is 2.70 bits per heavy atom. The molecule has 0 radical (unpaired) electrons. The van der Waals surface area contributed by atoms with Crippen molar-refractivity contribution in [3.05, 3.63) is 59.4 Å². The summed E-state index contributed by atoms with van der Waals surface area (Å²) in [5.41, 5.74) is 14.8. The lowest BCUT2D eigenvalue weighted by atomic mass is 10.1. The average Bonchev–Trinajstić information content (AvgIpc) is 2.56. The highest BCUT2D eigenvalue weighted by atomic mass is 16.5. The van der Waals surface area contributed by atoms with Gasteiger partial charge < -0.3 is 21.5 Å². The van der Waals surface area contributed by atoms with Crippen molar-refractivity contribution in [2.24, 2.45) is 5.73 Å². The smallest absolute Gasteiger partial charge is 0.356 e. The number of benzene rings is 1. The molecule has 1 unspecified atom stereocenters. The van der Waals surface area contributed by atoms with E-state index in [9.17, 15) is 4.79 Å². The number of nitrogens with two attached hydrogens (primary N) is 2. The number of hydrogen-bond donors (Lipinski definition) is 3. The highest BCUT2D eigenvalue weighted by Gasteiger charge is 2.08. The monoisotopic (exact) mass is 314 g/mol. The fraction of sp³-hybridized carbons (Fsp3) is 0.294. The summed E-state index contributed by atoms with van der Waals surface area (Å²) in [7, 11) is 1.34. The number of hydrogen-bond acceptors (Lipinski definition) is 6. The maximum Gasteiger partial charge on any atom is 0.356 e. The summed E-state index contributed by atoms with van der Waals surface area (Å²) >= 11 is 0. The van der Waals surface area contributed by atoms with Crippen molar-refractivity contribution in [1.82, 2.24) is 10.3 Å². The SMILES string of the molecule is COC(=O)c1cccc(CNCC(N)Cc2ccc(N)cc2)n1. The summed E-state index contributed by atoms with van der Waals surface area (Å²) in [6, 6.07) is 13.0. The van der Waals surface area contributed by atoms with Gasteiger partial charge in [0.1, 0.15) is 5.69 Å². The second-order valence-corrected chi connectivity index (χ2v) is 5.34. The van der Waals surface area contributed by atoms with Crippen LogP contribution in [0.5, 0.6) is 0 Å². The van der Waals surface area contributed by atoms with Gasteiger partial charge in [0.25, 0.3) is 0 Å². The number of carbonyl (C=O) groups excluding carboxylic acids is 1. The number of anilines is 1. The predicted octanol–water partition coefficient (Wildman–Crippen LogP) is 1.11. The lowest BCUT2D eigenvalue weighted by Gasteiger charge is -2.13. The molecule has 0 aliphatic carbocycles. The van der Waals surface area contributed by atoms with Crippen LogP contribution in [0.4, 0.5) is 5.69 Å². The molecule has 1 aromatic carbocycles. The minimum Gasteiger partial charge on any atom is -0.464 e. The zero-order chi connectivity index (χ0) is 16.7.